The van der Waals surface area contributed by atoms with Crippen molar-refractivity contribution in [2.45, 2.75) is 38.8 Å². The molecule has 8 heteroatoms. The van der Waals surface area contributed by atoms with E-state index in [1.165, 1.54) is 0 Å². The normalized spacial score (nSPS) is 11.8. The Morgan fingerprint density at radius 3 is 2.06 bits per heavy atom. The molecule has 1 N–H and O–H groups in total. The smallest absolute Gasteiger partial charge is 0.274 e. The van der Waals surface area contributed by atoms with E-state index in [1.54, 1.807) is 0 Å². The molecule has 178 valence electrons. The van der Waals surface area contributed by atoms with Crippen LogP contribution in [0.3, 0.4) is 0 Å². The molecule has 0 aliphatic rings. The Morgan fingerprint density at radius 2 is 1.56 bits per heavy atom. The topological polar surface area (TPSA) is 81.5 Å². The summed E-state index contributed by atoms with van der Waals surface area (Å²) in [5, 5.41) is 15.8. The number of carbonyl (C=O) groups is 1. The summed E-state index contributed by atoms with van der Waals surface area (Å²) in [6, 6.07) is 23.4. The van der Waals surface area contributed by atoms with Crippen LogP contribution in [0.1, 0.15) is 32.8 Å². The van der Waals surface area contributed by atoms with Crippen molar-refractivity contribution >= 4 is 30.3 Å². The fourth-order valence-electron chi connectivity index (χ4n) is 4.21. The van der Waals surface area contributed by atoms with Gasteiger partial charge < -0.3 is 9.74 Å². The van der Waals surface area contributed by atoms with Crippen LogP contribution < -0.4 is 15.7 Å². The van der Waals surface area contributed by atoms with Crippen LogP contribution in [0.25, 0.3) is 0 Å². The molecule has 0 saturated heterocycles. The Balaban J connectivity index is 1.76. The van der Waals surface area contributed by atoms with Crippen LogP contribution in [0.15, 0.2) is 78.9 Å². The molecule has 0 aliphatic heterocycles. The van der Waals surface area contributed by atoms with E-state index in [0.29, 0.717) is 0 Å². The number of benzene rings is 3. The van der Waals surface area contributed by atoms with E-state index in [0.717, 1.165) is 28.6 Å². The zero-order valence-electron chi connectivity index (χ0n) is 19.6. The third-order valence-electron chi connectivity index (χ3n) is 5.78. The van der Waals surface area contributed by atoms with Gasteiger partial charge in [0.15, 0.2) is 0 Å². The Kier molecular flexibility index (Phi) is 7.96. The van der Waals surface area contributed by atoms with Crippen molar-refractivity contribution in [1.29, 1.82) is 0 Å². The summed E-state index contributed by atoms with van der Waals surface area (Å²) in [5.74, 6) is -0.915. The number of hydrogen-bond acceptors (Lipinski definition) is 4. The van der Waals surface area contributed by atoms with E-state index in [1.807, 2.05) is 36.4 Å². The van der Waals surface area contributed by atoms with Crippen LogP contribution in [0.2, 0.25) is 5.04 Å². The molecule has 3 rings (SSSR count). The van der Waals surface area contributed by atoms with E-state index >= 15 is 0 Å². The highest BCUT2D eigenvalue weighted by Crippen LogP contribution is 2.36. The predicted octanol–water partition coefficient (Wildman–Crippen LogP) is 4.32. The van der Waals surface area contributed by atoms with E-state index in [-0.39, 0.29) is 41.8 Å². The molecule has 34 heavy (non-hydrogen) atoms. The molecule has 3 aromatic rings. The summed E-state index contributed by atoms with van der Waals surface area (Å²) >= 11 is 0. The predicted molar refractivity (Wildman–Crippen MR) is 133 cm³/mol. The number of nitro benzene ring substituents is 1. The lowest BCUT2D eigenvalue weighted by atomic mass is 10.1. The van der Waals surface area contributed by atoms with Gasteiger partial charge in [-0.25, -0.2) is 4.39 Å². The van der Waals surface area contributed by atoms with E-state index in [2.05, 4.69) is 50.4 Å². The minimum absolute atomic E-state index is 0.0770. The number of nitrogens with one attached hydrogen (secondary N) is 1. The summed E-state index contributed by atoms with van der Waals surface area (Å²) in [6.45, 7) is 6.52. The molecule has 1 amide bonds. The Morgan fingerprint density at radius 1 is 1.00 bits per heavy atom. The second-order valence-corrected chi connectivity index (χ2v) is 13.4. The summed E-state index contributed by atoms with van der Waals surface area (Å²) in [4.78, 5) is 23.1. The molecule has 0 aromatic heterocycles. The van der Waals surface area contributed by atoms with E-state index in [9.17, 15) is 19.3 Å². The van der Waals surface area contributed by atoms with Gasteiger partial charge in [-0.2, -0.15) is 0 Å². The maximum absolute atomic E-state index is 13.6. The van der Waals surface area contributed by atoms with Crippen molar-refractivity contribution in [2.75, 3.05) is 6.61 Å². The number of hydrogen-bond donors (Lipinski definition) is 1. The minimum atomic E-state index is -2.75. The van der Waals surface area contributed by atoms with E-state index < -0.39 is 19.1 Å². The second-order valence-electron chi connectivity index (χ2n) is 9.07. The molecule has 0 spiro atoms. The first-order valence-electron chi connectivity index (χ1n) is 11.1. The zero-order chi connectivity index (χ0) is 24.8. The molecule has 0 atom stereocenters. The van der Waals surface area contributed by atoms with Gasteiger partial charge in [-0.3, -0.25) is 14.9 Å². The first kappa shape index (κ1) is 25.3. The molecule has 0 bridgehead atoms. The van der Waals surface area contributed by atoms with Crippen LogP contribution >= 0.6 is 0 Å². The van der Waals surface area contributed by atoms with Crippen molar-refractivity contribution in [3.63, 3.8) is 0 Å². The summed E-state index contributed by atoms with van der Waals surface area (Å²) in [7, 11) is -2.75. The molecule has 0 heterocycles. The first-order valence-corrected chi connectivity index (χ1v) is 13.0. The number of nitrogens with zero attached hydrogens (tertiary/aromatic N) is 1. The number of rotatable bonds is 9. The zero-order valence-corrected chi connectivity index (χ0v) is 20.6. The van der Waals surface area contributed by atoms with Crippen molar-refractivity contribution in [3.05, 3.63) is 100 Å². The van der Waals surface area contributed by atoms with Gasteiger partial charge in [-0.05, 0) is 27.5 Å². The fraction of sp³-hybridized carbons (Fsp3) is 0.269. The monoisotopic (exact) mass is 480 g/mol. The van der Waals surface area contributed by atoms with Gasteiger partial charge in [0.25, 0.3) is 14.0 Å². The highest BCUT2D eigenvalue weighted by Gasteiger charge is 2.50. The maximum Gasteiger partial charge on any atom is 0.274 e. The number of nitro groups is 1. The molecule has 3 aromatic carbocycles. The molecule has 0 radical (unpaired) electrons. The lowest BCUT2D eigenvalue weighted by Gasteiger charge is -2.43. The van der Waals surface area contributed by atoms with Gasteiger partial charge in [0, 0.05) is 25.6 Å². The van der Waals surface area contributed by atoms with Crippen LogP contribution in [0, 0.1) is 15.9 Å². The summed E-state index contributed by atoms with van der Waals surface area (Å²) in [5.41, 5.74) is -0.114. The van der Waals surface area contributed by atoms with Gasteiger partial charge in [-0.15, -0.1) is 0 Å². The summed E-state index contributed by atoms with van der Waals surface area (Å²) in [6.07, 6.45) is 0.0770. The Bertz CT molecular complexity index is 1100. The van der Waals surface area contributed by atoms with Crippen LogP contribution in [-0.4, -0.2) is 25.8 Å². The average molecular weight is 481 g/mol. The van der Waals surface area contributed by atoms with Crippen molar-refractivity contribution < 1.29 is 18.5 Å². The standard InChI is InChI=1S/C26H29FN2O4Si/c1-26(2,3)34(22-10-6-4-7-11-22,23-12-8-5-9-13-23)33-17-16-25(30)28-19-20-18-21(27)14-15-24(20)29(31)32/h4-15,18H,16-17,19H2,1-3H3,(H,28,30). The van der Waals surface area contributed by atoms with Crippen LogP contribution in [0.5, 0.6) is 0 Å². The third-order valence-corrected chi connectivity index (χ3v) is 10.8. The Hall–Kier alpha value is -3.36. The minimum Gasteiger partial charge on any atom is -0.407 e. The van der Waals surface area contributed by atoms with Crippen molar-refractivity contribution in [2.24, 2.45) is 0 Å². The second kappa shape index (κ2) is 10.7. The molecule has 6 nitrogen and oxygen atoms in total. The first-order chi connectivity index (χ1) is 16.1. The highest BCUT2D eigenvalue weighted by molar-refractivity contribution is 6.99. The van der Waals surface area contributed by atoms with Gasteiger partial charge in [0.1, 0.15) is 5.82 Å². The molecular formula is C26H29FN2O4Si. The van der Waals surface area contributed by atoms with Crippen LogP contribution in [-0.2, 0) is 15.8 Å². The SMILES string of the molecule is CC(C)(C)[Si](OCCC(=O)NCc1cc(F)ccc1[N+](=O)[O-])(c1ccccc1)c1ccccc1. The summed E-state index contributed by atoms with van der Waals surface area (Å²) < 4.78 is 20.2. The van der Waals surface area contributed by atoms with Crippen molar-refractivity contribution in [3.8, 4) is 0 Å². The molecule has 0 saturated carbocycles. The quantitative estimate of drug-likeness (QED) is 0.281. The van der Waals surface area contributed by atoms with Gasteiger partial charge in [0.05, 0.1) is 10.5 Å². The number of halogens is 1. The Labute approximate surface area is 200 Å². The molecule has 0 aliphatic carbocycles. The highest BCUT2D eigenvalue weighted by atomic mass is 28.4. The van der Waals surface area contributed by atoms with Gasteiger partial charge in [0.2, 0.25) is 5.91 Å². The molecule has 0 unspecified atom stereocenters. The van der Waals surface area contributed by atoms with E-state index in [4.69, 9.17) is 4.43 Å². The maximum atomic E-state index is 13.6. The number of amides is 1. The largest absolute Gasteiger partial charge is 0.407 e. The van der Waals surface area contributed by atoms with Crippen molar-refractivity contribution in [1.82, 2.24) is 5.32 Å². The molecular weight excluding hydrogens is 451 g/mol. The fourth-order valence-corrected chi connectivity index (χ4v) is 8.78. The third kappa shape index (κ3) is 5.57. The average Bonchev–Trinajstić information content (AvgIpc) is 2.80. The van der Waals surface area contributed by atoms with Gasteiger partial charge in [-0.1, -0.05) is 81.4 Å². The lowest BCUT2D eigenvalue weighted by Crippen LogP contribution is -2.66. The lowest BCUT2D eigenvalue weighted by molar-refractivity contribution is -0.385. The molecule has 0 fully saturated rings. The van der Waals surface area contributed by atoms with Crippen LogP contribution in [0.4, 0.5) is 10.1 Å². The van der Waals surface area contributed by atoms with Gasteiger partial charge >= 0.3 is 0 Å². The number of carbonyl (C=O) groups excluding carboxylic acids is 1.